The molecular weight excluding hydrogens is 471 g/mol. The van der Waals surface area contributed by atoms with Crippen molar-refractivity contribution >= 4 is 11.4 Å². The Morgan fingerprint density at radius 3 is 1.86 bits per heavy atom. The molecule has 2 nitrogen and oxygen atoms in total. The first kappa shape index (κ1) is 30.9. The number of allylic oxidation sites excluding steroid dienone is 2. The molecule has 0 amide bonds. The Labute approximate surface area is 221 Å². The van der Waals surface area contributed by atoms with Gasteiger partial charge in [0.15, 0.2) is 0 Å². The molecular formula is C32H46N2Ni. The van der Waals surface area contributed by atoms with E-state index in [1.807, 2.05) is 0 Å². The van der Waals surface area contributed by atoms with Crippen LogP contribution in [-0.4, -0.2) is 10.7 Å². The zero-order valence-electron chi connectivity index (χ0n) is 22.7. The number of nitrogens with zero attached hydrogens (tertiary/aromatic N) is 2. The Hall–Kier alpha value is -2.17. The first-order valence-corrected chi connectivity index (χ1v) is 15.2. The average molecular weight is 517 g/mol. The van der Waals surface area contributed by atoms with E-state index in [0.717, 1.165) is 37.7 Å². The van der Waals surface area contributed by atoms with E-state index in [4.69, 9.17) is 0 Å². The van der Waals surface area contributed by atoms with Crippen molar-refractivity contribution in [3.8, 4) is 0 Å². The molecule has 0 radical (unpaired) electrons. The van der Waals surface area contributed by atoms with E-state index in [1.165, 1.54) is 66.4 Å². The van der Waals surface area contributed by atoms with Gasteiger partial charge in [0.05, 0.1) is 5.57 Å². The van der Waals surface area contributed by atoms with Gasteiger partial charge in [0.2, 0.25) is 0 Å². The van der Waals surface area contributed by atoms with Gasteiger partial charge in [-0.1, -0.05) is 101 Å². The summed E-state index contributed by atoms with van der Waals surface area (Å²) in [5, 5.41) is 0. The third-order valence-corrected chi connectivity index (χ3v) is 5.93. The third-order valence-electron chi connectivity index (χ3n) is 5.93. The fraction of sp³-hybridized carbons (Fsp3) is 0.500. The van der Waals surface area contributed by atoms with Crippen LogP contribution in [0.5, 0.6) is 0 Å². The minimum absolute atomic E-state index is 0.857. The van der Waals surface area contributed by atoms with E-state index in [9.17, 15) is 5.53 Å². The molecule has 0 aromatic heterocycles. The van der Waals surface area contributed by atoms with Crippen LogP contribution in [0.15, 0.2) is 60.2 Å². The van der Waals surface area contributed by atoms with Crippen molar-refractivity contribution in [2.24, 2.45) is 0 Å². The topological polar surface area (TPSA) is 36.4 Å². The Balaban J connectivity index is 0.00000194. The number of aryl methyl sites for hydroxylation is 2. The van der Waals surface area contributed by atoms with Gasteiger partial charge in [0, 0.05) is 0 Å². The van der Waals surface area contributed by atoms with Crippen LogP contribution in [0.3, 0.4) is 0 Å². The maximum absolute atomic E-state index is 9.18. The van der Waals surface area contributed by atoms with Crippen molar-refractivity contribution in [1.82, 2.24) is 0 Å². The summed E-state index contributed by atoms with van der Waals surface area (Å²) in [6.07, 6.45) is 14.9. The number of hydrogen-bond donors (Lipinski definition) is 0. The molecule has 0 aliphatic carbocycles. The number of unbranched alkanes of at least 4 members (excludes halogenated alkanes) is 5. The summed E-state index contributed by atoms with van der Waals surface area (Å²) in [7, 11) is 0. The zero-order chi connectivity index (χ0) is 25.7. The van der Waals surface area contributed by atoms with Crippen LogP contribution < -0.4 is 0 Å². The summed E-state index contributed by atoms with van der Waals surface area (Å²) in [5.41, 5.74) is 16.5. The molecule has 0 heterocycles. The molecule has 0 spiro atoms. The van der Waals surface area contributed by atoms with E-state index in [-0.39, 0.29) is 0 Å². The number of benzene rings is 2. The molecule has 2 aromatic carbocycles. The monoisotopic (exact) mass is 516 g/mol. The molecule has 3 heteroatoms. The van der Waals surface area contributed by atoms with Crippen LogP contribution in [0.1, 0.15) is 101 Å². The standard InChI is InChI=1S/C30H40N2.2CH3.Ni/c1-4-7-10-11-16-26-18-13-20-29(22-26)30(23-27(24-32-31)15-9-6-3)28-19-12-17-25(21-28)14-8-5-2;;;/h12-13,17-23H,4-11,14-16H2,1-3H3;2*1H3;. The predicted molar refractivity (Wildman–Crippen MR) is 150 cm³/mol. The average Bonchev–Trinajstić information content (AvgIpc) is 2.88. The summed E-state index contributed by atoms with van der Waals surface area (Å²) < 4.78 is 0. The Morgan fingerprint density at radius 1 is 0.800 bits per heavy atom. The minimum atomic E-state index is 0.857. The van der Waals surface area contributed by atoms with Crippen molar-refractivity contribution in [2.45, 2.75) is 103 Å². The van der Waals surface area contributed by atoms with Gasteiger partial charge < -0.3 is 5.53 Å². The van der Waals surface area contributed by atoms with Gasteiger partial charge in [0.1, 0.15) is 0 Å². The van der Waals surface area contributed by atoms with Crippen LogP contribution in [0.2, 0.25) is 11.8 Å². The number of rotatable bonds is 14. The van der Waals surface area contributed by atoms with Crippen LogP contribution in [0.4, 0.5) is 0 Å². The summed E-state index contributed by atoms with van der Waals surface area (Å²) in [6.45, 7) is 6.67. The van der Waals surface area contributed by atoms with Gasteiger partial charge in [-0.05, 0) is 72.4 Å². The summed E-state index contributed by atoms with van der Waals surface area (Å²) >= 11 is 1.62. The molecule has 0 unspecified atom stereocenters. The third kappa shape index (κ3) is 12.9. The Bertz CT molecular complexity index is 963. The van der Waals surface area contributed by atoms with Crippen LogP contribution >= 0.6 is 0 Å². The van der Waals surface area contributed by atoms with E-state index < -0.39 is 0 Å². The van der Waals surface area contributed by atoms with E-state index in [2.05, 4.69) is 97.8 Å². The van der Waals surface area contributed by atoms with E-state index >= 15 is 0 Å². The van der Waals surface area contributed by atoms with Crippen LogP contribution in [0, 0.1) is 0 Å². The number of hydrogen-bond acceptors (Lipinski definition) is 0. The second-order valence-corrected chi connectivity index (χ2v) is 10.0. The molecule has 0 fully saturated rings. The van der Waals surface area contributed by atoms with Gasteiger partial charge in [-0.25, -0.2) is 0 Å². The molecule has 0 atom stereocenters. The second-order valence-electron chi connectivity index (χ2n) is 9.03. The van der Waals surface area contributed by atoms with Gasteiger partial charge in [-0.15, -0.1) is 4.79 Å². The molecule has 0 aliphatic heterocycles. The molecule has 0 N–H and O–H groups in total. The SMILES string of the molecule is CCCCCCc1cccc(C(=CC(=C=[N+]=[N-])CCCC)c2cccc(CCCC)c2)c1.[CH3][Ni][CH3]. The molecule has 0 saturated heterocycles. The van der Waals surface area contributed by atoms with Crippen LogP contribution in [0.25, 0.3) is 11.1 Å². The molecule has 194 valence electrons. The Morgan fingerprint density at radius 2 is 1.34 bits per heavy atom. The van der Waals surface area contributed by atoms with Gasteiger partial charge in [-0.3, -0.25) is 0 Å². The normalized spacial score (nSPS) is 10.8. The van der Waals surface area contributed by atoms with Gasteiger partial charge >= 0.3 is 32.1 Å². The van der Waals surface area contributed by atoms with Gasteiger partial charge in [-0.2, -0.15) is 0 Å². The first-order chi connectivity index (χ1) is 17.1. The van der Waals surface area contributed by atoms with Crippen molar-refractivity contribution in [3.63, 3.8) is 0 Å². The maximum atomic E-state index is 9.18. The predicted octanol–water partition coefficient (Wildman–Crippen LogP) is 9.76. The molecule has 0 bridgehead atoms. The molecule has 0 saturated carbocycles. The second kappa shape index (κ2) is 20.1. The van der Waals surface area contributed by atoms with E-state index in [1.54, 1.807) is 14.4 Å². The summed E-state index contributed by atoms with van der Waals surface area (Å²) in [5.74, 6) is 6.95. The Kier molecular flexibility index (Phi) is 17.7. The van der Waals surface area contributed by atoms with Crippen LogP contribution in [-0.2, 0) is 27.3 Å². The fourth-order valence-electron chi connectivity index (χ4n) is 4.02. The molecule has 0 aliphatic rings. The summed E-state index contributed by atoms with van der Waals surface area (Å²) in [4.78, 5) is 3.23. The first-order valence-electron chi connectivity index (χ1n) is 13.2. The quantitative estimate of drug-likeness (QED) is 0.0597. The molecule has 2 aromatic rings. The van der Waals surface area contributed by atoms with Crippen molar-refractivity contribution in [2.75, 3.05) is 0 Å². The molecule has 35 heavy (non-hydrogen) atoms. The molecule has 2 rings (SSSR count). The van der Waals surface area contributed by atoms with Crippen molar-refractivity contribution in [1.29, 1.82) is 0 Å². The zero-order valence-corrected chi connectivity index (χ0v) is 23.7. The summed E-state index contributed by atoms with van der Waals surface area (Å²) in [6, 6.07) is 17.9. The van der Waals surface area contributed by atoms with E-state index in [0.29, 0.717) is 0 Å². The fourth-order valence-corrected chi connectivity index (χ4v) is 4.02. The van der Waals surface area contributed by atoms with Gasteiger partial charge in [0.25, 0.3) is 0 Å². The van der Waals surface area contributed by atoms with Crippen molar-refractivity contribution < 1.29 is 19.2 Å². The van der Waals surface area contributed by atoms with Crippen molar-refractivity contribution in [3.05, 3.63) is 88.0 Å².